The Morgan fingerprint density at radius 2 is 1.63 bits per heavy atom. The van der Waals surface area contributed by atoms with Gasteiger partial charge >= 0.3 is 5.97 Å². The standard InChI is InChI=1S/C27H27NO2/c1-2-3-4-5-7-10-21-15-18-25(23-11-8-6-9-12-23)26(19-21)27(29)30-24-16-13-22(20-28)14-17-24/h6,8-9,11-19H,2-5,7,10H2,1H3. The molecule has 3 aromatic rings. The van der Waals surface area contributed by atoms with Gasteiger partial charge in [0.15, 0.2) is 0 Å². The van der Waals surface area contributed by atoms with Gasteiger partial charge in [0, 0.05) is 0 Å². The van der Waals surface area contributed by atoms with Gasteiger partial charge in [0.05, 0.1) is 17.2 Å². The van der Waals surface area contributed by atoms with Crippen LogP contribution in [0.1, 0.15) is 60.5 Å². The highest BCUT2D eigenvalue weighted by Gasteiger charge is 2.16. The third kappa shape index (κ3) is 5.81. The number of hydrogen-bond acceptors (Lipinski definition) is 3. The zero-order chi connectivity index (χ0) is 21.2. The molecule has 0 saturated carbocycles. The normalized spacial score (nSPS) is 10.4. The minimum Gasteiger partial charge on any atom is -0.423 e. The third-order valence-electron chi connectivity index (χ3n) is 5.15. The molecule has 3 aromatic carbocycles. The lowest BCUT2D eigenvalue weighted by Crippen LogP contribution is -2.11. The lowest BCUT2D eigenvalue weighted by molar-refractivity contribution is 0.0735. The lowest BCUT2D eigenvalue weighted by Gasteiger charge is -2.12. The molecule has 30 heavy (non-hydrogen) atoms. The van der Waals surface area contributed by atoms with Gasteiger partial charge in [0.1, 0.15) is 5.75 Å². The number of rotatable bonds is 9. The summed E-state index contributed by atoms with van der Waals surface area (Å²) in [5.74, 6) is 0.0503. The van der Waals surface area contributed by atoms with Crippen LogP contribution in [0, 0.1) is 11.3 Å². The van der Waals surface area contributed by atoms with Crippen LogP contribution in [-0.2, 0) is 6.42 Å². The number of nitriles is 1. The van der Waals surface area contributed by atoms with Gasteiger partial charge in [0.25, 0.3) is 0 Å². The summed E-state index contributed by atoms with van der Waals surface area (Å²) in [6, 6.07) is 24.6. The number of carbonyl (C=O) groups excluding carboxylic acids is 1. The van der Waals surface area contributed by atoms with E-state index in [9.17, 15) is 4.79 Å². The van der Waals surface area contributed by atoms with Crippen molar-refractivity contribution in [2.24, 2.45) is 0 Å². The molecule has 0 bridgehead atoms. The highest BCUT2D eigenvalue weighted by molar-refractivity contribution is 5.98. The van der Waals surface area contributed by atoms with E-state index in [0.29, 0.717) is 16.9 Å². The van der Waals surface area contributed by atoms with Crippen LogP contribution in [0.4, 0.5) is 0 Å². The maximum Gasteiger partial charge on any atom is 0.344 e. The second-order valence-corrected chi connectivity index (χ2v) is 7.44. The van der Waals surface area contributed by atoms with Crippen LogP contribution >= 0.6 is 0 Å². The van der Waals surface area contributed by atoms with Crippen molar-refractivity contribution in [1.82, 2.24) is 0 Å². The van der Waals surface area contributed by atoms with Gasteiger partial charge in [-0.3, -0.25) is 0 Å². The largest absolute Gasteiger partial charge is 0.423 e. The number of ether oxygens (including phenoxy) is 1. The molecule has 0 unspecified atom stereocenters. The van der Waals surface area contributed by atoms with Gasteiger partial charge in [-0.05, 0) is 59.9 Å². The van der Waals surface area contributed by atoms with E-state index < -0.39 is 0 Å². The van der Waals surface area contributed by atoms with Crippen molar-refractivity contribution in [3.05, 3.63) is 89.5 Å². The molecule has 3 rings (SSSR count). The van der Waals surface area contributed by atoms with E-state index in [4.69, 9.17) is 10.00 Å². The first-order valence-corrected chi connectivity index (χ1v) is 10.6. The summed E-state index contributed by atoms with van der Waals surface area (Å²) in [6.45, 7) is 2.22. The van der Waals surface area contributed by atoms with Crippen molar-refractivity contribution < 1.29 is 9.53 Å². The van der Waals surface area contributed by atoms with Gasteiger partial charge in [-0.2, -0.15) is 5.26 Å². The molecule has 0 aliphatic carbocycles. The van der Waals surface area contributed by atoms with Gasteiger partial charge in [-0.25, -0.2) is 4.79 Å². The SMILES string of the molecule is CCCCCCCc1ccc(-c2ccccc2)c(C(=O)Oc2ccc(C#N)cc2)c1. The van der Waals surface area contributed by atoms with E-state index in [1.807, 2.05) is 42.5 Å². The molecule has 0 atom stereocenters. The average Bonchev–Trinajstić information content (AvgIpc) is 2.80. The molecule has 0 radical (unpaired) electrons. The minimum atomic E-state index is -0.383. The van der Waals surface area contributed by atoms with E-state index in [0.717, 1.165) is 29.5 Å². The summed E-state index contributed by atoms with van der Waals surface area (Å²) < 4.78 is 5.63. The zero-order valence-electron chi connectivity index (χ0n) is 17.4. The van der Waals surface area contributed by atoms with Gasteiger partial charge < -0.3 is 4.74 Å². The minimum absolute atomic E-state index is 0.383. The molecule has 0 aliphatic rings. The van der Waals surface area contributed by atoms with Crippen LogP contribution in [0.15, 0.2) is 72.8 Å². The van der Waals surface area contributed by atoms with Crippen LogP contribution in [0.3, 0.4) is 0 Å². The smallest absolute Gasteiger partial charge is 0.344 e. The molecule has 0 heterocycles. The molecule has 0 aliphatic heterocycles. The second kappa shape index (κ2) is 11.0. The van der Waals surface area contributed by atoms with Crippen LogP contribution in [0.25, 0.3) is 11.1 Å². The summed E-state index contributed by atoms with van der Waals surface area (Å²) in [5.41, 5.74) is 4.10. The molecule has 0 N–H and O–H groups in total. The van der Waals surface area contributed by atoms with Crippen molar-refractivity contribution in [2.45, 2.75) is 45.4 Å². The number of aryl methyl sites for hydroxylation is 1. The topological polar surface area (TPSA) is 50.1 Å². The Labute approximate surface area is 178 Å². The molecule has 152 valence electrons. The molecule has 3 heteroatoms. The van der Waals surface area contributed by atoms with Crippen LogP contribution < -0.4 is 4.74 Å². The highest BCUT2D eigenvalue weighted by Crippen LogP contribution is 2.27. The van der Waals surface area contributed by atoms with Crippen LogP contribution in [0.5, 0.6) is 5.75 Å². The predicted molar refractivity (Wildman–Crippen MR) is 120 cm³/mol. The monoisotopic (exact) mass is 397 g/mol. The van der Waals surface area contributed by atoms with Crippen molar-refractivity contribution in [1.29, 1.82) is 5.26 Å². The van der Waals surface area contributed by atoms with E-state index in [1.54, 1.807) is 24.3 Å². The number of carbonyl (C=O) groups is 1. The first-order valence-electron chi connectivity index (χ1n) is 10.6. The fourth-order valence-corrected chi connectivity index (χ4v) is 3.48. The number of esters is 1. The number of nitrogens with zero attached hydrogens (tertiary/aromatic N) is 1. The fourth-order valence-electron chi connectivity index (χ4n) is 3.48. The van der Waals surface area contributed by atoms with Crippen molar-refractivity contribution in [3.63, 3.8) is 0 Å². The van der Waals surface area contributed by atoms with E-state index >= 15 is 0 Å². The number of unbranched alkanes of at least 4 members (excludes halogenated alkanes) is 4. The Morgan fingerprint density at radius 3 is 2.33 bits per heavy atom. The number of hydrogen-bond donors (Lipinski definition) is 0. The lowest BCUT2D eigenvalue weighted by atomic mass is 9.95. The first kappa shape index (κ1) is 21.3. The predicted octanol–water partition coefficient (Wildman–Crippen LogP) is 6.96. The van der Waals surface area contributed by atoms with E-state index in [-0.39, 0.29) is 5.97 Å². The van der Waals surface area contributed by atoms with Gasteiger partial charge in [-0.15, -0.1) is 0 Å². The molecule has 0 fully saturated rings. The molecule has 0 aromatic heterocycles. The summed E-state index contributed by atoms with van der Waals surface area (Å²) in [6.07, 6.45) is 7.04. The van der Waals surface area contributed by atoms with Crippen molar-refractivity contribution >= 4 is 5.97 Å². The first-order chi connectivity index (χ1) is 14.7. The molecule has 0 saturated heterocycles. The third-order valence-corrected chi connectivity index (χ3v) is 5.15. The van der Waals surface area contributed by atoms with Crippen molar-refractivity contribution in [3.8, 4) is 22.9 Å². The summed E-state index contributed by atoms with van der Waals surface area (Å²) >= 11 is 0. The van der Waals surface area contributed by atoms with Gasteiger partial charge in [0.2, 0.25) is 0 Å². The molecular weight excluding hydrogens is 370 g/mol. The average molecular weight is 398 g/mol. The zero-order valence-corrected chi connectivity index (χ0v) is 17.4. The van der Waals surface area contributed by atoms with E-state index in [2.05, 4.69) is 19.1 Å². The molecule has 0 amide bonds. The van der Waals surface area contributed by atoms with Crippen LogP contribution in [0.2, 0.25) is 0 Å². The number of benzene rings is 3. The van der Waals surface area contributed by atoms with E-state index in [1.165, 1.54) is 25.7 Å². The Morgan fingerprint density at radius 1 is 0.900 bits per heavy atom. The molecular formula is C27H27NO2. The fraction of sp³-hybridized carbons (Fsp3) is 0.259. The molecule has 3 nitrogen and oxygen atoms in total. The highest BCUT2D eigenvalue weighted by atomic mass is 16.5. The Hall–Kier alpha value is -3.38. The second-order valence-electron chi connectivity index (χ2n) is 7.44. The summed E-state index contributed by atoms with van der Waals surface area (Å²) in [5, 5.41) is 8.94. The quantitative estimate of drug-likeness (QED) is 0.223. The maximum absolute atomic E-state index is 13.0. The Bertz CT molecular complexity index is 1000. The molecule has 0 spiro atoms. The summed E-state index contributed by atoms with van der Waals surface area (Å²) in [4.78, 5) is 13.0. The Balaban J connectivity index is 1.83. The Kier molecular flexibility index (Phi) is 7.80. The van der Waals surface area contributed by atoms with Crippen molar-refractivity contribution in [2.75, 3.05) is 0 Å². The van der Waals surface area contributed by atoms with Gasteiger partial charge in [-0.1, -0.05) is 75.1 Å². The maximum atomic E-state index is 13.0. The summed E-state index contributed by atoms with van der Waals surface area (Å²) in [7, 11) is 0. The van der Waals surface area contributed by atoms with Crippen LogP contribution in [-0.4, -0.2) is 5.97 Å².